The fraction of sp³-hybridized carbons (Fsp3) is 0.389. The number of methoxy groups -OCH3 is 1. The van der Waals surface area contributed by atoms with Crippen molar-refractivity contribution in [3.05, 3.63) is 35.4 Å². The summed E-state index contributed by atoms with van der Waals surface area (Å²) in [4.78, 5) is 10.9. The maximum absolute atomic E-state index is 10.4. The Balaban J connectivity index is 1.79. The molecule has 0 spiro atoms. The van der Waals surface area contributed by atoms with Crippen molar-refractivity contribution >= 4 is 16.7 Å². The molecule has 1 aliphatic heterocycles. The molecule has 26 heavy (non-hydrogen) atoms. The Morgan fingerprint density at radius 1 is 1.27 bits per heavy atom. The fourth-order valence-corrected chi connectivity index (χ4v) is 3.46. The van der Waals surface area contributed by atoms with Gasteiger partial charge < -0.3 is 19.8 Å². The molecule has 1 aromatic carbocycles. The highest BCUT2D eigenvalue weighted by Crippen LogP contribution is 2.36. The van der Waals surface area contributed by atoms with Gasteiger partial charge in [-0.05, 0) is 19.9 Å². The number of aromatic amines is 1. The first-order valence-electron chi connectivity index (χ1n) is 8.44. The highest BCUT2D eigenvalue weighted by molar-refractivity contribution is 5.92. The summed E-state index contributed by atoms with van der Waals surface area (Å²) in [5.41, 5.74) is 2.34. The van der Waals surface area contributed by atoms with Gasteiger partial charge in [-0.15, -0.1) is 0 Å². The van der Waals surface area contributed by atoms with Crippen LogP contribution in [0.4, 0.5) is 5.82 Å². The van der Waals surface area contributed by atoms with Crippen LogP contribution in [0.2, 0.25) is 0 Å². The molecular formula is C18H21N5O3. The standard InChI is InChI=1S/C18H21N5O3/c1-18(2,25)16-11-8-23(5-4-12(11)21-22-16)17-10-6-15(26-3)14(24)7-13(10)19-9-20-17/h6-7,9,24-25H,4-5,8H2,1-3H3,(H,21,22). The summed E-state index contributed by atoms with van der Waals surface area (Å²) in [6.07, 6.45) is 2.27. The van der Waals surface area contributed by atoms with Crippen molar-refractivity contribution in [2.24, 2.45) is 0 Å². The Morgan fingerprint density at radius 3 is 2.81 bits per heavy atom. The van der Waals surface area contributed by atoms with Gasteiger partial charge in [0.05, 0.1) is 18.3 Å². The molecule has 3 heterocycles. The number of ether oxygens (including phenoxy) is 1. The van der Waals surface area contributed by atoms with E-state index in [1.807, 2.05) is 0 Å². The van der Waals surface area contributed by atoms with Crippen molar-refractivity contribution in [2.45, 2.75) is 32.4 Å². The van der Waals surface area contributed by atoms with E-state index >= 15 is 0 Å². The lowest BCUT2D eigenvalue weighted by atomic mass is 9.96. The summed E-state index contributed by atoms with van der Waals surface area (Å²) in [6, 6.07) is 3.33. The molecule has 3 aromatic rings. The zero-order chi connectivity index (χ0) is 18.5. The number of phenolic OH excluding ortho intramolecular Hbond substituents is 1. The highest BCUT2D eigenvalue weighted by Gasteiger charge is 2.30. The first kappa shape index (κ1) is 16.6. The Morgan fingerprint density at radius 2 is 2.08 bits per heavy atom. The summed E-state index contributed by atoms with van der Waals surface area (Å²) in [7, 11) is 1.51. The van der Waals surface area contributed by atoms with Gasteiger partial charge in [0.15, 0.2) is 11.5 Å². The van der Waals surface area contributed by atoms with Crippen molar-refractivity contribution in [3.8, 4) is 11.5 Å². The van der Waals surface area contributed by atoms with Crippen molar-refractivity contribution in [3.63, 3.8) is 0 Å². The van der Waals surface area contributed by atoms with Crippen molar-refractivity contribution in [1.29, 1.82) is 0 Å². The number of aromatic nitrogens is 4. The first-order chi connectivity index (χ1) is 12.4. The Labute approximate surface area is 150 Å². The minimum absolute atomic E-state index is 0.0460. The summed E-state index contributed by atoms with van der Waals surface area (Å²) < 4.78 is 5.23. The highest BCUT2D eigenvalue weighted by atomic mass is 16.5. The first-order valence-corrected chi connectivity index (χ1v) is 8.44. The number of aliphatic hydroxyl groups is 1. The smallest absolute Gasteiger partial charge is 0.161 e. The minimum atomic E-state index is -1.02. The molecule has 136 valence electrons. The largest absolute Gasteiger partial charge is 0.504 e. The molecule has 0 fully saturated rings. The lowest BCUT2D eigenvalue weighted by Crippen LogP contribution is -2.32. The van der Waals surface area contributed by atoms with Crippen molar-refractivity contribution in [1.82, 2.24) is 20.2 Å². The van der Waals surface area contributed by atoms with Crippen LogP contribution in [0.5, 0.6) is 11.5 Å². The van der Waals surface area contributed by atoms with E-state index in [1.54, 1.807) is 26.0 Å². The lowest BCUT2D eigenvalue weighted by molar-refractivity contribution is 0.0727. The van der Waals surface area contributed by atoms with E-state index in [2.05, 4.69) is 25.1 Å². The van der Waals surface area contributed by atoms with Gasteiger partial charge in [0.2, 0.25) is 0 Å². The topological polar surface area (TPSA) is 107 Å². The molecule has 0 atom stereocenters. The second-order valence-corrected chi connectivity index (χ2v) is 7.00. The summed E-state index contributed by atoms with van der Waals surface area (Å²) in [6.45, 7) is 4.81. The van der Waals surface area contributed by atoms with E-state index in [4.69, 9.17) is 4.74 Å². The average molecular weight is 355 g/mol. The molecule has 0 saturated heterocycles. The van der Waals surface area contributed by atoms with Gasteiger partial charge in [0, 0.05) is 42.2 Å². The molecule has 0 amide bonds. The molecule has 0 bridgehead atoms. The molecule has 2 aromatic heterocycles. The normalized spacial score (nSPS) is 14.5. The van der Waals surface area contributed by atoms with Crippen LogP contribution in [0.3, 0.4) is 0 Å². The number of benzene rings is 1. The summed E-state index contributed by atoms with van der Waals surface area (Å²) in [5, 5.41) is 28.5. The van der Waals surface area contributed by atoms with Crippen molar-refractivity contribution in [2.75, 3.05) is 18.6 Å². The van der Waals surface area contributed by atoms with Crippen LogP contribution in [0.1, 0.15) is 30.8 Å². The molecule has 8 heteroatoms. The number of hydrogen-bond donors (Lipinski definition) is 3. The minimum Gasteiger partial charge on any atom is -0.504 e. The molecule has 1 aliphatic rings. The monoisotopic (exact) mass is 355 g/mol. The van der Waals surface area contributed by atoms with Gasteiger partial charge >= 0.3 is 0 Å². The third-order valence-corrected chi connectivity index (χ3v) is 4.73. The van der Waals surface area contributed by atoms with Crippen LogP contribution in [0, 0.1) is 0 Å². The van der Waals surface area contributed by atoms with Crippen LogP contribution in [-0.2, 0) is 18.6 Å². The maximum atomic E-state index is 10.4. The van der Waals surface area contributed by atoms with Crippen LogP contribution >= 0.6 is 0 Å². The predicted octanol–water partition coefficient (Wildman–Crippen LogP) is 1.86. The zero-order valence-corrected chi connectivity index (χ0v) is 14.9. The number of fused-ring (bicyclic) bond motifs is 2. The third-order valence-electron chi connectivity index (χ3n) is 4.73. The van der Waals surface area contributed by atoms with Crippen LogP contribution in [-0.4, -0.2) is 44.0 Å². The number of aromatic hydroxyl groups is 1. The maximum Gasteiger partial charge on any atom is 0.161 e. The molecule has 0 unspecified atom stereocenters. The lowest BCUT2D eigenvalue weighted by Gasteiger charge is -2.30. The van der Waals surface area contributed by atoms with E-state index in [9.17, 15) is 10.2 Å². The number of nitrogens with one attached hydrogen (secondary N) is 1. The zero-order valence-electron chi connectivity index (χ0n) is 14.9. The molecule has 4 rings (SSSR count). The molecule has 0 aliphatic carbocycles. The quantitative estimate of drug-likeness (QED) is 0.658. The summed E-state index contributed by atoms with van der Waals surface area (Å²) in [5.74, 6) is 1.19. The Kier molecular flexibility index (Phi) is 3.73. The molecule has 8 nitrogen and oxygen atoms in total. The predicted molar refractivity (Wildman–Crippen MR) is 96.3 cm³/mol. The second-order valence-electron chi connectivity index (χ2n) is 7.00. The van der Waals surface area contributed by atoms with E-state index < -0.39 is 5.60 Å². The second kappa shape index (κ2) is 5.84. The Hall–Kier alpha value is -2.87. The summed E-state index contributed by atoms with van der Waals surface area (Å²) >= 11 is 0. The van der Waals surface area contributed by atoms with Crippen LogP contribution in [0.15, 0.2) is 18.5 Å². The third kappa shape index (κ3) is 2.62. The molecule has 3 N–H and O–H groups in total. The average Bonchev–Trinajstić information content (AvgIpc) is 3.04. The van der Waals surface area contributed by atoms with Crippen molar-refractivity contribution < 1.29 is 14.9 Å². The van der Waals surface area contributed by atoms with Gasteiger partial charge in [-0.1, -0.05) is 0 Å². The van der Waals surface area contributed by atoms with E-state index in [0.29, 0.717) is 23.5 Å². The number of nitrogens with zero attached hydrogens (tertiary/aromatic N) is 4. The van der Waals surface area contributed by atoms with E-state index in [1.165, 1.54) is 13.4 Å². The Bertz CT molecular complexity index is 977. The number of rotatable bonds is 3. The number of hydrogen-bond acceptors (Lipinski definition) is 7. The van der Waals surface area contributed by atoms with Crippen LogP contribution < -0.4 is 9.64 Å². The SMILES string of the molecule is COc1cc2c(N3CCc4[nH]nc(C(C)(C)O)c4C3)ncnc2cc1O. The van der Waals surface area contributed by atoms with Gasteiger partial charge in [-0.25, -0.2) is 9.97 Å². The number of anilines is 1. The van der Waals surface area contributed by atoms with Gasteiger partial charge in [0.25, 0.3) is 0 Å². The van der Waals surface area contributed by atoms with E-state index in [0.717, 1.165) is 35.4 Å². The van der Waals surface area contributed by atoms with Gasteiger partial charge in [-0.3, -0.25) is 5.10 Å². The van der Waals surface area contributed by atoms with Crippen LogP contribution in [0.25, 0.3) is 10.9 Å². The van der Waals surface area contributed by atoms with Gasteiger partial charge in [-0.2, -0.15) is 5.10 Å². The number of phenols is 1. The molecular weight excluding hydrogens is 334 g/mol. The number of H-pyrrole nitrogens is 1. The molecule has 0 radical (unpaired) electrons. The fourth-order valence-electron chi connectivity index (χ4n) is 3.46. The van der Waals surface area contributed by atoms with Gasteiger partial charge in [0.1, 0.15) is 17.7 Å². The molecule has 0 saturated carbocycles. The van der Waals surface area contributed by atoms with E-state index in [-0.39, 0.29) is 5.75 Å².